The van der Waals surface area contributed by atoms with Crippen molar-refractivity contribution in [1.82, 2.24) is 19.6 Å². The van der Waals surface area contributed by atoms with E-state index >= 15 is 0 Å². The van der Waals surface area contributed by atoms with E-state index in [1.807, 2.05) is 92.4 Å². The minimum Gasteiger partial charge on any atom is -0.484 e. The largest absolute Gasteiger partial charge is 0.484 e. The van der Waals surface area contributed by atoms with Crippen molar-refractivity contribution in [3.05, 3.63) is 237 Å². The number of anilines is 4. The fraction of sp³-hybridized carbons (Fsp3) is 0.458. The highest BCUT2D eigenvalue weighted by atomic mass is 19.2. The van der Waals surface area contributed by atoms with Gasteiger partial charge < -0.3 is 81.1 Å². The number of rotatable bonds is 20. The van der Waals surface area contributed by atoms with Crippen molar-refractivity contribution < 1.29 is 114 Å². The molecule has 8 aromatic rings. The van der Waals surface area contributed by atoms with Crippen molar-refractivity contribution >= 4 is 46.4 Å². The van der Waals surface area contributed by atoms with E-state index in [1.54, 1.807) is 0 Å². The summed E-state index contributed by atoms with van der Waals surface area (Å²) in [5, 5.41) is 98.9. The molecule has 0 unspecified atom stereocenters. The average molecular weight is 1780 g/mol. The summed E-state index contributed by atoms with van der Waals surface area (Å²) in [6.07, 6.45) is 2.76. The number of aliphatic hydroxyl groups excluding tert-OH is 4. The smallest absolute Gasteiger partial charge is 0.224 e. The summed E-state index contributed by atoms with van der Waals surface area (Å²) >= 11 is 0. The van der Waals surface area contributed by atoms with Crippen LogP contribution >= 0.6 is 0 Å². The molecule has 0 radical (unpaired) electrons. The Morgan fingerprint density at radius 2 is 0.500 bits per heavy atom. The molecule has 32 heteroatoms. The van der Waals surface area contributed by atoms with Gasteiger partial charge in [0, 0.05) is 176 Å². The fourth-order valence-electron chi connectivity index (χ4n) is 21.3. The van der Waals surface area contributed by atoms with Crippen LogP contribution in [0, 0.1) is 70.2 Å². The van der Waals surface area contributed by atoms with Gasteiger partial charge in [-0.3, -0.25) is 38.8 Å². The van der Waals surface area contributed by atoms with Crippen LogP contribution in [0.4, 0.5) is 57.9 Å². The molecule has 0 aromatic heterocycles. The van der Waals surface area contributed by atoms with Crippen molar-refractivity contribution in [1.29, 1.82) is 0 Å². The van der Waals surface area contributed by atoms with Gasteiger partial charge in [-0.2, -0.15) is 0 Å². The summed E-state index contributed by atoms with van der Waals surface area (Å²) in [7, 11) is 0. The molecule has 12 N–H and O–H groups in total. The SMILES string of the molecule is O=C1CCc2cc([C@@H](O)CN3C[C@@H]4C[C@@H](Oc5c(F)cccc5F)C[C@]4(O)C3)ccc2N1.O=C1CCc2cc([C@@H](O)CN3C[C@H]4C[C@H](Oc5c(F)cccc5F)C[C@@]4(O)C3)ccc2N1.O=C1CCc2cc([C@H](O)CN3C[C@@H]4C[C@@H](Oc5c(F)cccc5F)C[C@]4(O)C3)ccc2N1.O=C1CCc2cc([C@H](O)CN3C[C@H]4C[C@H](Oc5c(F)cccc5F)C[C@@]4(O)C3)ccc2N1. The van der Waals surface area contributed by atoms with Gasteiger partial charge in [0.2, 0.25) is 23.6 Å². The number of carbonyl (C=O) groups is 4. The summed E-state index contributed by atoms with van der Waals surface area (Å²) in [5.41, 5.74) is 6.30. The van der Waals surface area contributed by atoms with Gasteiger partial charge in [-0.15, -0.1) is 0 Å². The molecule has 128 heavy (non-hydrogen) atoms. The highest BCUT2D eigenvalue weighted by molar-refractivity contribution is 5.96. The lowest BCUT2D eigenvalue weighted by Gasteiger charge is -2.25. The number of nitrogens with one attached hydrogen (secondary N) is 4. The lowest BCUT2D eigenvalue weighted by molar-refractivity contribution is -0.117. The van der Waals surface area contributed by atoms with E-state index < -0.39 is 141 Å². The number of aliphatic hydroxyl groups is 8. The molecule has 8 fully saturated rings. The first-order chi connectivity index (χ1) is 61.2. The van der Waals surface area contributed by atoms with Gasteiger partial charge in [0.05, 0.1) is 46.8 Å². The van der Waals surface area contributed by atoms with Gasteiger partial charge >= 0.3 is 0 Å². The van der Waals surface area contributed by atoms with Crippen LogP contribution in [0.15, 0.2) is 146 Å². The number of β-amino-alcohol motifs (C(OH)–C–C–N with tert-alkyl or cyclic N) is 8. The van der Waals surface area contributed by atoms with Gasteiger partial charge in [-0.25, -0.2) is 35.1 Å². The number of fused-ring (bicyclic) bond motifs is 8. The third kappa shape index (κ3) is 19.8. The minimum absolute atomic E-state index is 0.00248. The zero-order chi connectivity index (χ0) is 89.8. The topological polar surface area (TPSA) is 328 Å². The van der Waals surface area contributed by atoms with Crippen molar-refractivity contribution in [3.8, 4) is 23.0 Å². The summed E-state index contributed by atoms with van der Waals surface area (Å²) < 4.78 is 133. The lowest BCUT2D eigenvalue weighted by atomic mass is 9.95. The lowest BCUT2D eigenvalue weighted by Crippen LogP contribution is -2.36. The van der Waals surface area contributed by atoms with E-state index in [0.29, 0.717) is 156 Å². The molecule has 16 atom stereocenters. The Kier molecular flexibility index (Phi) is 25.9. The number of likely N-dealkylation sites (tertiary alicyclic amines) is 4. The highest BCUT2D eigenvalue weighted by Gasteiger charge is 2.57. The molecule has 8 aliphatic heterocycles. The highest BCUT2D eigenvalue weighted by Crippen LogP contribution is 2.50. The number of carbonyl (C=O) groups excluding carboxylic acids is 4. The zero-order valence-electron chi connectivity index (χ0n) is 70.2. The van der Waals surface area contributed by atoms with Crippen molar-refractivity contribution in [2.45, 2.75) is 174 Å². The molecule has 0 spiro atoms. The second-order valence-corrected chi connectivity index (χ2v) is 36.8. The molecule has 4 saturated carbocycles. The number of para-hydroxylation sites is 4. The molecule has 20 rings (SSSR count). The van der Waals surface area contributed by atoms with Gasteiger partial charge in [-0.1, -0.05) is 72.8 Å². The van der Waals surface area contributed by atoms with E-state index in [9.17, 15) is 95.2 Å². The van der Waals surface area contributed by atoms with Crippen LogP contribution < -0.4 is 40.2 Å². The number of hydrogen-bond acceptors (Lipinski definition) is 20. The summed E-state index contributed by atoms with van der Waals surface area (Å²) in [4.78, 5) is 54.2. The normalized spacial score (nSPS) is 28.2. The summed E-state index contributed by atoms with van der Waals surface area (Å²) in [6, 6.07) is 36.6. The Balaban J connectivity index is 0.000000120. The van der Waals surface area contributed by atoms with Crippen molar-refractivity contribution in [2.75, 3.05) is 99.8 Å². The molecule has 680 valence electrons. The van der Waals surface area contributed by atoms with Crippen LogP contribution in [-0.4, -0.2) is 209 Å². The Bertz CT molecular complexity index is 4770. The van der Waals surface area contributed by atoms with Gasteiger partial charge in [0.1, 0.15) is 24.4 Å². The monoisotopic (exact) mass is 1780 g/mol. The van der Waals surface area contributed by atoms with Crippen LogP contribution in [0.3, 0.4) is 0 Å². The maximum atomic E-state index is 13.9. The number of aryl methyl sites for hydroxylation is 4. The standard InChI is InChI=1S/4C24H26F2N2O4/c4*25-18-2-1-3-19(26)23(18)32-17-9-16-11-28(13-24(16,31)10-17)12-21(29)15-4-6-20-14(8-15)5-7-22(30)27-20/h4*1-4,6,8,16-17,21,29,31H,5,7,9-13H2,(H,27,30)/t2*16-,17+,21+,24-;2*16-,17+,21-,24-/m1010/s1. The van der Waals surface area contributed by atoms with E-state index in [2.05, 4.69) is 21.3 Å². The molecule has 12 aliphatic rings. The maximum absolute atomic E-state index is 13.9. The Morgan fingerprint density at radius 1 is 0.305 bits per heavy atom. The number of benzene rings is 8. The predicted octanol–water partition coefficient (Wildman–Crippen LogP) is 11.1. The molecular formula is C96H104F8N8O16. The average Bonchev–Trinajstić information content (AvgIpc) is 1.62. The van der Waals surface area contributed by atoms with Crippen molar-refractivity contribution in [3.63, 3.8) is 0 Å². The minimum atomic E-state index is -1.01. The van der Waals surface area contributed by atoms with E-state index in [-0.39, 0.29) is 73.0 Å². The van der Waals surface area contributed by atoms with E-state index in [1.165, 1.54) is 24.3 Å². The predicted molar refractivity (Wildman–Crippen MR) is 453 cm³/mol. The van der Waals surface area contributed by atoms with Crippen LogP contribution in [0.2, 0.25) is 0 Å². The number of halogens is 8. The van der Waals surface area contributed by atoms with Gasteiger partial charge in [0.15, 0.2) is 69.5 Å². The van der Waals surface area contributed by atoms with Crippen LogP contribution in [-0.2, 0) is 44.9 Å². The molecule has 4 saturated heterocycles. The third-order valence-corrected chi connectivity index (χ3v) is 27.6. The van der Waals surface area contributed by atoms with Crippen LogP contribution in [0.5, 0.6) is 23.0 Å². The second-order valence-electron chi connectivity index (χ2n) is 36.8. The second kappa shape index (κ2) is 37.0. The molecule has 24 nitrogen and oxygen atoms in total. The first kappa shape index (κ1) is 89.8. The summed E-state index contributed by atoms with van der Waals surface area (Å²) in [5.74, 6) is -7.89. The molecule has 8 heterocycles. The Morgan fingerprint density at radius 3 is 0.688 bits per heavy atom. The maximum Gasteiger partial charge on any atom is 0.224 e. The molecular weight excluding hydrogens is 1670 g/mol. The molecule has 8 aromatic carbocycles. The zero-order valence-corrected chi connectivity index (χ0v) is 70.2. The van der Waals surface area contributed by atoms with Crippen LogP contribution in [0.25, 0.3) is 0 Å². The summed E-state index contributed by atoms with van der Waals surface area (Å²) in [6.45, 7) is 5.28. The molecule has 4 aliphatic carbocycles. The molecule has 0 bridgehead atoms. The Hall–Kier alpha value is -10.2. The first-order valence-electron chi connectivity index (χ1n) is 43.9. The third-order valence-electron chi connectivity index (χ3n) is 27.6. The van der Waals surface area contributed by atoms with Gasteiger partial charge in [-0.05, 0) is 169 Å². The number of ether oxygens (including phenoxy) is 4. The number of amides is 4. The Labute approximate surface area is 733 Å². The number of nitrogens with zero attached hydrogens (tertiary/aromatic N) is 4. The van der Waals surface area contributed by atoms with Crippen LogP contribution in [0.1, 0.15) is 146 Å². The first-order valence-corrected chi connectivity index (χ1v) is 43.9. The van der Waals surface area contributed by atoms with E-state index in [4.69, 9.17) is 18.9 Å². The van der Waals surface area contributed by atoms with E-state index in [0.717, 1.165) is 116 Å². The fourth-order valence-corrected chi connectivity index (χ4v) is 21.3. The van der Waals surface area contributed by atoms with Crippen molar-refractivity contribution in [2.24, 2.45) is 23.7 Å². The number of hydrogen-bond donors (Lipinski definition) is 12. The molecule has 4 amide bonds. The van der Waals surface area contributed by atoms with Gasteiger partial charge in [0.25, 0.3) is 0 Å². The quantitative estimate of drug-likeness (QED) is 0.0315.